The van der Waals surface area contributed by atoms with E-state index in [-0.39, 0.29) is 12.2 Å². The predicted molar refractivity (Wildman–Crippen MR) is 185 cm³/mol. The van der Waals surface area contributed by atoms with Gasteiger partial charge in [0, 0.05) is 27.5 Å². The standard InChI is InChI=1S/C35H29Cl2N3O3S2/c1-5-43-34(42)30-31(22-9-7-6-8-10-22)38-35-40(32(30)23-11-14-26(44-4)15-12-23)33(41)29(45-35)18-24-17-20(2)39(21(24)3)25-13-16-27(36)28(37)19-25/h6-19,32H,5H2,1-4H3/b29-18-/t32-/m1/s1. The SMILES string of the molecule is CCOC(=O)C1=C(c2ccccc2)N=c2s/c(=C\c3cc(C)n(-c4ccc(Cl)c(Cl)c4)c3C)c(=O)n2[C@@H]1c1ccc(SC)cc1. The van der Waals surface area contributed by atoms with Gasteiger partial charge in [-0.15, -0.1) is 11.8 Å². The minimum atomic E-state index is -0.725. The Hall–Kier alpha value is -3.82. The Morgan fingerprint density at radius 2 is 1.76 bits per heavy atom. The van der Waals surface area contributed by atoms with Gasteiger partial charge >= 0.3 is 5.97 Å². The highest BCUT2D eigenvalue weighted by Crippen LogP contribution is 2.36. The zero-order chi connectivity index (χ0) is 31.8. The van der Waals surface area contributed by atoms with Crippen molar-refractivity contribution in [2.24, 2.45) is 4.99 Å². The molecule has 1 atom stereocenters. The molecule has 0 saturated heterocycles. The quantitative estimate of drug-likeness (QED) is 0.134. The fourth-order valence-electron chi connectivity index (χ4n) is 5.64. The van der Waals surface area contributed by atoms with Crippen LogP contribution in [0.3, 0.4) is 0 Å². The van der Waals surface area contributed by atoms with E-state index in [0.717, 1.165) is 38.7 Å². The fourth-order valence-corrected chi connectivity index (χ4v) is 7.33. The minimum absolute atomic E-state index is 0.196. The number of aryl methyl sites for hydroxylation is 1. The largest absolute Gasteiger partial charge is 0.463 e. The molecule has 0 N–H and O–H groups in total. The van der Waals surface area contributed by atoms with Crippen molar-refractivity contribution >= 4 is 64.0 Å². The van der Waals surface area contributed by atoms with E-state index < -0.39 is 12.0 Å². The van der Waals surface area contributed by atoms with E-state index in [0.29, 0.717) is 30.6 Å². The maximum atomic E-state index is 14.3. The third kappa shape index (κ3) is 5.84. The zero-order valence-electron chi connectivity index (χ0n) is 25.0. The van der Waals surface area contributed by atoms with Crippen LogP contribution < -0.4 is 14.9 Å². The van der Waals surface area contributed by atoms with Crippen LogP contribution in [-0.4, -0.2) is 28.0 Å². The number of hydrogen-bond donors (Lipinski definition) is 0. The lowest BCUT2D eigenvalue weighted by Gasteiger charge is -2.26. The lowest BCUT2D eigenvalue weighted by atomic mass is 9.93. The predicted octanol–water partition coefficient (Wildman–Crippen LogP) is 7.37. The second-order valence-electron chi connectivity index (χ2n) is 10.5. The Kier molecular flexibility index (Phi) is 8.93. The molecule has 1 aliphatic rings. The summed E-state index contributed by atoms with van der Waals surface area (Å²) in [6.45, 7) is 5.97. The summed E-state index contributed by atoms with van der Waals surface area (Å²) in [6.07, 6.45) is 3.90. The summed E-state index contributed by atoms with van der Waals surface area (Å²) >= 11 is 15.4. The second-order valence-corrected chi connectivity index (χ2v) is 13.2. The third-order valence-corrected chi connectivity index (χ3v) is 10.2. The number of nitrogens with zero attached hydrogens (tertiary/aromatic N) is 3. The van der Waals surface area contributed by atoms with Crippen LogP contribution >= 0.6 is 46.3 Å². The van der Waals surface area contributed by atoms with E-state index >= 15 is 0 Å². The van der Waals surface area contributed by atoms with E-state index in [1.807, 2.05) is 99.0 Å². The minimum Gasteiger partial charge on any atom is -0.463 e. The van der Waals surface area contributed by atoms with Gasteiger partial charge in [-0.05, 0) is 80.6 Å². The van der Waals surface area contributed by atoms with Crippen molar-refractivity contribution < 1.29 is 9.53 Å². The lowest BCUT2D eigenvalue weighted by molar-refractivity contribution is -0.138. The average Bonchev–Trinajstić information content (AvgIpc) is 3.51. The van der Waals surface area contributed by atoms with Crippen LogP contribution in [0.5, 0.6) is 0 Å². The normalized spacial score (nSPS) is 14.8. The van der Waals surface area contributed by atoms with Gasteiger partial charge in [0.2, 0.25) is 0 Å². The van der Waals surface area contributed by atoms with Gasteiger partial charge in [-0.2, -0.15) is 0 Å². The third-order valence-electron chi connectivity index (χ3n) is 7.72. The van der Waals surface area contributed by atoms with Crippen LogP contribution in [-0.2, 0) is 9.53 Å². The van der Waals surface area contributed by atoms with Gasteiger partial charge in [0.25, 0.3) is 5.56 Å². The summed E-state index contributed by atoms with van der Waals surface area (Å²) in [7, 11) is 0. The molecule has 0 spiro atoms. The lowest BCUT2D eigenvalue weighted by Crippen LogP contribution is -2.40. The maximum absolute atomic E-state index is 14.3. The summed E-state index contributed by atoms with van der Waals surface area (Å²) in [5.74, 6) is -0.501. The first-order valence-corrected chi connectivity index (χ1v) is 17.1. The van der Waals surface area contributed by atoms with Gasteiger partial charge in [0.15, 0.2) is 4.80 Å². The summed E-state index contributed by atoms with van der Waals surface area (Å²) in [5.41, 5.74) is 5.85. The summed E-state index contributed by atoms with van der Waals surface area (Å²) in [6, 6.07) is 24.3. The molecule has 5 aromatic rings. The van der Waals surface area contributed by atoms with Gasteiger partial charge in [-0.3, -0.25) is 9.36 Å². The highest BCUT2D eigenvalue weighted by atomic mass is 35.5. The molecule has 0 saturated carbocycles. The number of thiazole rings is 1. The molecule has 0 aliphatic carbocycles. The number of benzene rings is 3. The van der Waals surface area contributed by atoms with Gasteiger partial charge in [0.1, 0.15) is 0 Å². The zero-order valence-corrected chi connectivity index (χ0v) is 28.2. The van der Waals surface area contributed by atoms with Crippen LogP contribution in [0.4, 0.5) is 0 Å². The number of thioether (sulfide) groups is 1. The Bertz CT molecular complexity index is 2150. The number of fused-ring (bicyclic) bond motifs is 1. The molecule has 45 heavy (non-hydrogen) atoms. The first-order chi connectivity index (χ1) is 21.7. The Morgan fingerprint density at radius 1 is 1.02 bits per heavy atom. The molecule has 1 aliphatic heterocycles. The number of rotatable bonds is 7. The van der Waals surface area contributed by atoms with Crippen LogP contribution in [0.2, 0.25) is 10.0 Å². The smallest absolute Gasteiger partial charge is 0.338 e. The van der Waals surface area contributed by atoms with E-state index in [4.69, 9.17) is 32.9 Å². The van der Waals surface area contributed by atoms with Gasteiger partial charge in [-0.25, -0.2) is 9.79 Å². The van der Waals surface area contributed by atoms with Gasteiger partial charge < -0.3 is 9.30 Å². The average molecular weight is 675 g/mol. The van der Waals surface area contributed by atoms with Crippen molar-refractivity contribution in [2.75, 3.05) is 12.9 Å². The summed E-state index contributed by atoms with van der Waals surface area (Å²) < 4.78 is 9.78. The van der Waals surface area contributed by atoms with Gasteiger partial charge in [-0.1, -0.05) is 77.0 Å². The van der Waals surface area contributed by atoms with Crippen LogP contribution in [0.25, 0.3) is 17.5 Å². The highest BCUT2D eigenvalue weighted by molar-refractivity contribution is 7.98. The first kappa shape index (κ1) is 31.2. The number of halogens is 2. The summed E-state index contributed by atoms with van der Waals surface area (Å²) in [5, 5.41) is 0.952. The maximum Gasteiger partial charge on any atom is 0.338 e. The first-order valence-electron chi connectivity index (χ1n) is 14.3. The number of carbonyl (C=O) groups is 1. The molecule has 0 amide bonds. The number of esters is 1. The molecule has 228 valence electrons. The molecule has 3 aromatic carbocycles. The van der Waals surface area contributed by atoms with E-state index in [1.54, 1.807) is 29.3 Å². The molecule has 2 aromatic heterocycles. The number of hydrogen-bond acceptors (Lipinski definition) is 6. The molecular weight excluding hydrogens is 645 g/mol. The molecule has 6 rings (SSSR count). The molecule has 6 nitrogen and oxygen atoms in total. The second kappa shape index (κ2) is 12.9. The molecule has 10 heteroatoms. The number of carbonyl (C=O) groups excluding carboxylic acids is 1. The molecule has 0 bridgehead atoms. The molecule has 0 fully saturated rings. The van der Waals surface area contributed by atoms with E-state index in [2.05, 4.69) is 4.57 Å². The summed E-state index contributed by atoms with van der Waals surface area (Å²) in [4.78, 5) is 34.5. The Morgan fingerprint density at radius 3 is 2.42 bits per heavy atom. The monoisotopic (exact) mass is 673 g/mol. The topological polar surface area (TPSA) is 65.6 Å². The van der Waals surface area contributed by atoms with Gasteiger partial charge in [0.05, 0.1) is 38.5 Å². The van der Waals surface area contributed by atoms with Crippen LogP contribution in [0, 0.1) is 13.8 Å². The van der Waals surface area contributed by atoms with Crippen molar-refractivity contribution in [3.63, 3.8) is 0 Å². The highest BCUT2D eigenvalue weighted by Gasteiger charge is 2.35. The Labute approximate surface area is 278 Å². The van der Waals surface area contributed by atoms with Crippen molar-refractivity contribution in [3.05, 3.63) is 142 Å². The van der Waals surface area contributed by atoms with Crippen molar-refractivity contribution in [1.29, 1.82) is 0 Å². The van der Waals surface area contributed by atoms with Crippen molar-refractivity contribution in [2.45, 2.75) is 31.7 Å². The molecule has 0 radical (unpaired) electrons. The fraction of sp³-hybridized carbons (Fsp3) is 0.171. The van der Waals surface area contributed by atoms with E-state index in [9.17, 15) is 9.59 Å². The number of ether oxygens (including phenoxy) is 1. The van der Waals surface area contributed by atoms with Crippen molar-refractivity contribution in [1.82, 2.24) is 9.13 Å². The Balaban J connectivity index is 1.59. The molecular formula is C35H29Cl2N3O3S2. The van der Waals surface area contributed by atoms with E-state index in [1.165, 1.54) is 11.3 Å². The van der Waals surface area contributed by atoms with Crippen molar-refractivity contribution in [3.8, 4) is 5.69 Å². The molecule has 0 unspecified atom stereocenters. The molecule has 3 heterocycles. The van der Waals surface area contributed by atoms with Crippen LogP contribution in [0.15, 0.2) is 99.1 Å². The number of aromatic nitrogens is 2. The van der Waals surface area contributed by atoms with Crippen LogP contribution in [0.1, 0.15) is 41.0 Å².